The summed E-state index contributed by atoms with van der Waals surface area (Å²) in [6, 6.07) is 11.3. The number of anilines is 1. The van der Waals surface area contributed by atoms with Gasteiger partial charge in [-0.3, -0.25) is 9.78 Å². The molecule has 0 saturated carbocycles. The first kappa shape index (κ1) is 17.6. The number of carbonyl (C=O) groups is 1. The number of rotatable bonds is 4. The van der Waals surface area contributed by atoms with E-state index >= 15 is 0 Å². The van der Waals surface area contributed by atoms with E-state index in [9.17, 15) is 4.79 Å². The van der Waals surface area contributed by atoms with Crippen molar-refractivity contribution < 1.29 is 4.79 Å². The lowest BCUT2D eigenvalue weighted by molar-refractivity contribution is -0.143. The lowest BCUT2D eigenvalue weighted by atomic mass is 9.69. The number of carbonyl (C=O) groups excluding carboxylic acids is 1. The number of hydrogen-bond acceptors (Lipinski definition) is 5. The van der Waals surface area contributed by atoms with Crippen LogP contribution in [0.3, 0.4) is 0 Å². The van der Waals surface area contributed by atoms with Crippen LogP contribution in [0.15, 0.2) is 48.9 Å². The highest BCUT2D eigenvalue weighted by Gasteiger charge is 2.56. The van der Waals surface area contributed by atoms with Crippen molar-refractivity contribution in [1.29, 1.82) is 0 Å². The molecule has 146 valence electrons. The van der Waals surface area contributed by atoms with Gasteiger partial charge in [0.1, 0.15) is 5.82 Å². The Balaban J connectivity index is 1.33. The maximum Gasteiger partial charge on any atom is 0.230 e. The van der Waals surface area contributed by atoms with E-state index in [0.717, 1.165) is 51.3 Å². The van der Waals surface area contributed by atoms with Crippen LogP contribution in [0.5, 0.6) is 0 Å². The third-order valence-electron chi connectivity index (χ3n) is 6.75. The Hall–Kier alpha value is -2.47. The van der Waals surface area contributed by atoms with Gasteiger partial charge in [0.05, 0.1) is 11.6 Å². The molecule has 0 radical (unpaired) electrons. The fourth-order valence-corrected chi connectivity index (χ4v) is 5.37. The van der Waals surface area contributed by atoms with Crippen molar-refractivity contribution >= 4 is 11.7 Å². The second-order valence-electron chi connectivity index (χ2n) is 8.36. The van der Waals surface area contributed by atoms with Gasteiger partial charge >= 0.3 is 0 Å². The highest BCUT2D eigenvalue weighted by molar-refractivity contribution is 5.85. The largest absolute Gasteiger partial charge is 0.352 e. The standard InChI is InChI=1S/C22H27N5O/c28-21(27-12-10-26(11-13-27)20-16-23-8-9-24-20)22(14-17-4-2-1-3-5-17)15-18-6-7-19(22)25-18/h1-5,8-9,16,18-19,25H,6-7,10-15H2/t18-,19+,22+/m1/s1. The summed E-state index contributed by atoms with van der Waals surface area (Å²) in [5, 5.41) is 3.72. The summed E-state index contributed by atoms with van der Waals surface area (Å²) in [5.74, 6) is 1.24. The van der Waals surface area contributed by atoms with Gasteiger partial charge in [0, 0.05) is 50.7 Å². The van der Waals surface area contributed by atoms with E-state index in [1.165, 1.54) is 12.0 Å². The fourth-order valence-electron chi connectivity index (χ4n) is 5.37. The van der Waals surface area contributed by atoms with Crippen molar-refractivity contribution in [3.63, 3.8) is 0 Å². The maximum absolute atomic E-state index is 13.8. The molecule has 28 heavy (non-hydrogen) atoms. The zero-order chi connectivity index (χ0) is 19.0. The van der Waals surface area contributed by atoms with Gasteiger partial charge in [-0.1, -0.05) is 30.3 Å². The van der Waals surface area contributed by atoms with E-state index < -0.39 is 0 Å². The zero-order valence-electron chi connectivity index (χ0n) is 16.1. The first-order chi connectivity index (χ1) is 13.7. The molecule has 6 heteroatoms. The predicted octanol–water partition coefficient (Wildman–Crippen LogP) is 1.88. The summed E-state index contributed by atoms with van der Waals surface area (Å²) in [4.78, 5) is 26.7. The van der Waals surface area contributed by atoms with Crippen LogP contribution in [-0.4, -0.2) is 59.0 Å². The third kappa shape index (κ3) is 3.05. The number of amides is 1. The minimum absolute atomic E-state index is 0.293. The lowest BCUT2D eigenvalue weighted by Gasteiger charge is -2.43. The summed E-state index contributed by atoms with van der Waals surface area (Å²) in [5.41, 5.74) is 0.974. The molecule has 0 unspecified atom stereocenters. The molecule has 6 nitrogen and oxygen atoms in total. The Morgan fingerprint density at radius 3 is 2.57 bits per heavy atom. The van der Waals surface area contributed by atoms with Crippen LogP contribution in [0.2, 0.25) is 0 Å². The number of hydrogen-bond donors (Lipinski definition) is 1. The van der Waals surface area contributed by atoms with Crippen molar-refractivity contribution in [2.24, 2.45) is 5.41 Å². The van der Waals surface area contributed by atoms with Crippen molar-refractivity contribution in [3.05, 3.63) is 54.5 Å². The molecule has 2 aromatic rings. The molecule has 0 spiro atoms. The van der Waals surface area contributed by atoms with E-state index in [1.807, 2.05) is 6.07 Å². The highest BCUT2D eigenvalue weighted by atomic mass is 16.2. The second-order valence-corrected chi connectivity index (χ2v) is 8.36. The van der Waals surface area contributed by atoms with Crippen LogP contribution < -0.4 is 10.2 Å². The minimum Gasteiger partial charge on any atom is -0.352 e. The average molecular weight is 377 g/mol. The molecule has 3 fully saturated rings. The van der Waals surface area contributed by atoms with Crippen molar-refractivity contribution in [2.75, 3.05) is 31.1 Å². The van der Waals surface area contributed by atoms with Crippen molar-refractivity contribution in [3.8, 4) is 0 Å². The molecular formula is C22H27N5O. The van der Waals surface area contributed by atoms with Gasteiger partial charge in [0.15, 0.2) is 0 Å². The van der Waals surface area contributed by atoms with Crippen LogP contribution in [0, 0.1) is 5.41 Å². The van der Waals surface area contributed by atoms with Crippen LogP contribution >= 0.6 is 0 Å². The minimum atomic E-state index is -0.293. The van der Waals surface area contributed by atoms with E-state index in [-0.39, 0.29) is 5.41 Å². The predicted molar refractivity (Wildman–Crippen MR) is 108 cm³/mol. The topological polar surface area (TPSA) is 61.4 Å². The molecule has 3 aliphatic heterocycles. The van der Waals surface area contributed by atoms with Gasteiger partial charge in [-0.25, -0.2) is 4.98 Å². The molecule has 0 aliphatic carbocycles. The van der Waals surface area contributed by atoms with Gasteiger partial charge in [-0.2, -0.15) is 0 Å². The van der Waals surface area contributed by atoms with Gasteiger partial charge in [0.25, 0.3) is 0 Å². The lowest BCUT2D eigenvalue weighted by Crippen LogP contribution is -2.57. The molecule has 3 saturated heterocycles. The van der Waals surface area contributed by atoms with Crippen LogP contribution in [0.1, 0.15) is 24.8 Å². The second kappa shape index (κ2) is 7.17. The molecule has 1 aromatic heterocycles. The summed E-state index contributed by atoms with van der Waals surface area (Å²) >= 11 is 0. The number of piperazine rings is 1. The molecule has 2 bridgehead atoms. The van der Waals surface area contributed by atoms with Crippen LogP contribution in [0.25, 0.3) is 0 Å². The normalized spacial score (nSPS) is 29.3. The van der Waals surface area contributed by atoms with Gasteiger partial charge in [0.2, 0.25) is 5.91 Å². The number of aromatic nitrogens is 2. The zero-order valence-corrected chi connectivity index (χ0v) is 16.1. The van der Waals surface area contributed by atoms with Crippen molar-refractivity contribution in [1.82, 2.24) is 20.2 Å². The summed E-state index contributed by atoms with van der Waals surface area (Å²) in [6.07, 6.45) is 9.34. The quantitative estimate of drug-likeness (QED) is 0.882. The summed E-state index contributed by atoms with van der Waals surface area (Å²) < 4.78 is 0. The number of fused-ring (bicyclic) bond motifs is 2. The van der Waals surface area contributed by atoms with E-state index in [0.29, 0.717) is 18.0 Å². The third-order valence-corrected chi connectivity index (χ3v) is 6.75. The molecule has 1 aromatic carbocycles. The van der Waals surface area contributed by atoms with E-state index in [2.05, 4.69) is 49.4 Å². The molecule has 1 N–H and O–H groups in total. The van der Waals surface area contributed by atoms with E-state index in [1.54, 1.807) is 18.6 Å². The maximum atomic E-state index is 13.8. The van der Waals surface area contributed by atoms with Crippen LogP contribution in [0.4, 0.5) is 5.82 Å². The fraction of sp³-hybridized carbons (Fsp3) is 0.500. The monoisotopic (exact) mass is 377 g/mol. The molecule has 1 amide bonds. The summed E-state index contributed by atoms with van der Waals surface area (Å²) in [6.45, 7) is 3.13. The summed E-state index contributed by atoms with van der Waals surface area (Å²) in [7, 11) is 0. The Morgan fingerprint density at radius 2 is 1.93 bits per heavy atom. The van der Waals surface area contributed by atoms with Crippen molar-refractivity contribution in [2.45, 2.75) is 37.8 Å². The van der Waals surface area contributed by atoms with Gasteiger partial charge in [-0.05, 0) is 31.2 Å². The Labute approximate surface area is 166 Å². The molecule has 4 heterocycles. The molecule has 5 rings (SSSR count). The smallest absolute Gasteiger partial charge is 0.230 e. The van der Waals surface area contributed by atoms with Gasteiger partial charge in [-0.15, -0.1) is 0 Å². The number of nitrogens with zero attached hydrogens (tertiary/aromatic N) is 4. The van der Waals surface area contributed by atoms with Gasteiger partial charge < -0.3 is 15.1 Å². The first-order valence-corrected chi connectivity index (χ1v) is 10.3. The molecule has 3 atom stereocenters. The van der Waals surface area contributed by atoms with Crippen LogP contribution in [-0.2, 0) is 11.2 Å². The number of nitrogens with one attached hydrogen (secondary N) is 1. The number of benzene rings is 1. The Kier molecular flexibility index (Phi) is 4.51. The Bertz CT molecular complexity index is 821. The average Bonchev–Trinajstić information content (AvgIpc) is 3.37. The molecular weight excluding hydrogens is 350 g/mol. The Morgan fingerprint density at radius 1 is 1.11 bits per heavy atom. The highest BCUT2D eigenvalue weighted by Crippen LogP contribution is 2.47. The van der Waals surface area contributed by atoms with E-state index in [4.69, 9.17) is 0 Å². The molecule has 3 aliphatic rings. The first-order valence-electron chi connectivity index (χ1n) is 10.3. The SMILES string of the molecule is O=C(N1CCN(c2cnccn2)CC1)[C@@]1(Cc2ccccc2)C[C@H]2CC[C@@H]1N2.